The number of aromatic carboxylic acids is 1. The number of carboxylic acid groups (broad SMARTS) is 1. The predicted molar refractivity (Wildman–Crippen MR) is 77.1 cm³/mol. The molecule has 0 radical (unpaired) electrons. The van der Waals surface area contributed by atoms with E-state index < -0.39 is 5.97 Å². The first-order valence-electron chi connectivity index (χ1n) is 6.18. The van der Waals surface area contributed by atoms with Crippen LogP contribution in [-0.4, -0.2) is 17.0 Å². The van der Waals surface area contributed by atoms with Crippen LogP contribution in [0.3, 0.4) is 0 Å². The zero-order chi connectivity index (χ0) is 15.2. The molecule has 0 aliphatic carbocycles. The van der Waals surface area contributed by atoms with Gasteiger partial charge in [0.25, 0.3) is 0 Å². The van der Waals surface area contributed by atoms with Gasteiger partial charge in [0, 0.05) is 18.1 Å². The molecule has 0 aliphatic heterocycles. The van der Waals surface area contributed by atoms with E-state index in [1.54, 1.807) is 36.4 Å². The highest BCUT2D eigenvalue weighted by Gasteiger charge is 2.00. The Balaban J connectivity index is 2.11. The SMILES string of the molecule is CC(=O)Oc1ccc(C#Cc2ccc(C(=O)O)cc2)cc1. The quantitative estimate of drug-likeness (QED) is 0.522. The summed E-state index contributed by atoms with van der Waals surface area (Å²) in [5.74, 6) is 5.03. The van der Waals surface area contributed by atoms with Gasteiger partial charge in [0.05, 0.1) is 5.56 Å². The van der Waals surface area contributed by atoms with Crippen LogP contribution in [0.15, 0.2) is 48.5 Å². The maximum absolute atomic E-state index is 10.8. The van der Waals surface area contributed by atoms with Crippen molar-refractivity contribution in [1.82, 2.24) is 0 Å². The van der Waals surface area contributed by atoms with Crippen LogP contribution in [0.5, 0.6) is 5.75 Å². The van der Waals surface area contributed by atoms with E-state index >= 15 is 0 Å². The van der Waals surface area contributed by atoms with Crippen molar-refractivity contribution in [3.8, 4) is 17.6 Å². The van der Waals surface area contributed by atoms with Gasteiger partial charge in [-0.15, -0.1) is 0 Å². The summed E-state index contributed by atoms with van der Waals surface area (Å²) in [6.07, 6.45) is 0. The fraction of sp³-hybridized carbons (Fsp3) is 0.0588. The van der Waals surface area contributed by atoms with E-state index in [-0.39, 0.29) is 11.5 Å². The molecule has 0 fully saturated rings. The number of hydrogen-bond acceptors (Lipinski definition) is 3. The Kier molecular flexibility index (Phi) is 4.37. The molecule has 2 aromatic rings. The number of rotatable bonds is 2. The highest BCUT2D eigenvalue weighted by molar-refractivity contribution is 5.87. The van der Waals surface area contributed by atoms with Crippen molar-refractivity contribution in [2.75, 3.05) is 0 Å². The summed E-state index contributed by atoms with van der Waals surface area (Å²) in [5, 5.41) is 8.80. The highest BCUT2D eigenvalue weighted by atomic mass is 16.5. The molecule has 0 bridgehead atoms. The topological polar surface area (TPSA) is 63.6 Å². The first-order chi connectivity index (χ1) is 10.0. The molecule has 0 aromatic heterocycles. The zero-order valence-corrected chi connectivity index (χ0v) is 11.3. The maximum atomic E-state index is 10.8. The molecule has 4 nitrogen and oxygen atoms in total. The molecular formula is C17H12O4. The second-order valence-electron chi connectivity index (χ2n) is 4.25. The van der Waals surface area contributed by atoms with E-state index in [9.17, 15) is 9.59 Å². The molecule has 0 aliphatic rings. The molecule has 104 valence electrons. The summed E-state index contributed by atoms with van der Waals surface area (Å²) < 4.78 is 4.92. The van der Waals surface area contributed by atoms with Gasteiger partial charge in [-0.1, -0.05) is 11.8 Å². The molecule has 1 N–H and O–H groups in total. The monoisotopic (exact) mass is 280 g/mol. The molecule has 4 heteroatoms. The molecule has 0 saturated carbocycles. The summed E-state index contributed by atoms with van der Waals surface area (Å²) in [7, 11) is 0. The number of carbonyl (C=O) groups excluding carboxylic acids is 1. The minimum atomic E-state index is -0.962. The molecule has 0 atom stereocenters. The second kappa shape index (κ2) is 6.40. The third-order valence-corrected chi connectivity index (χ3v) is 2.60. The number of hydrogen-bond donors (Lipinski definition) is 1. The standard InChI is InChI=1S/C17H12O4/c1-12(18)21-16-10-6-14(7-11-16)3-2-13-4-8-15(9-5-13)17(19)20/h4-11H,1H3,(H,19,20). The Labute approximate surface area is 122 Å². The summed E-state index contributed by atoms with van der Waals surface area (Å²) in [4.78, 5) is 21.5. The largest absolute Gasteiger partial charge is 0.478 e. The highest BCUT2D eigenvalue weighted by Crippen LogP contribution is 2.12. The van der Waals surface area contributed by atoms with E-state index in [2.05, 4.69) is 11.8 Å². The lowest BCUT2D eigenvalue weighted by atomic mass is 10.1. The zero-order valence-electron chi connectivity index (χ0n) is 11.3. The van der Waals surface area contributed by atoms with Crippen LogP contribution in [0.4, 0.5) is 0 Å². The minimum absolute atomic E-state index is 0.228. The third-order valence-electron chi connectivity index (χ3n) is 2.60. The van der Waals surface area contributed by atoms with Gasteiger partial charge in [-0.3, -0.25) is 4.79 Å². The van der Waals surface area contributed by atoms with Crippen LogP contribution in [0, 0.1) is 11.8 Å². The third kappa shape index (κ3) is 4.22. The molecule has 21 heavy (non-hydrogen) atoms. The molecule has 0 amide bonds. The van der Waals surface area contributed by atoms with E-state index in [0.717, 1.165) is 11.1 Å². The van der Waals surface area contributed by atoms with Gasteiger partial charge in [0.1, 0.15) is 5.75 Å². The Hall–Kier alpha value is -3.06. The maximum Gasteiger partial charge on any atom is 0.335 e. The van der Waals surface area contributed by atoms with Crippen molar-refractivity contribution in [3.63, 3.8) is 0 Å². The number of esters is 1. The van der Waals surface area contributed by atoms with Gasteiger partial charge in [-0.05, 0) is 48.5 Å². The average Bonchev–Trinajstić information content (AvgIpc) is 2.46. The van der Waals surface area contributed by atoms with Gasteiger partial charge in [-0.2, -0.15) is 0 Å². The van der Waals surface area contributed by atoms with Crippen LogP contribution >= 0.6 is 0 Å². The average molecular weight is 280 g/mol. The fourth-order valence-electron chi connectivity index (χ4n) is 1.61. The summed E-state index contributed by atoms with van der Waals surface area (Å²) >= 11 is 0. The van der Waals surface area contributed by atoms with Crippen molar-refractivity contribution in [2.24, 2.45) is 0 Å². The van der Waals surface area contributed by atoms with Crippen molar-refractivity contribution >= 4 is 11.9 Å². The first-order valence-corrected chi connectivity index (χ1v) is 6.18. The van der Waals surface area contributed by atoms with Crippen molar-refractivity contribution in [2.45, 2.75) is 6.92 Å². The molecule has 0 spiro atoms. The Bertz CT molecular complexity index is 716. The second-order valence-corrected chi connectivity index (χ2v) is 4.25. The van der Waals surface area contributed by atoms with Gasteiger partial charge < -0.3 is 9.84 Å². The number of carbonyl (C=O) groups is 2. The van der Waals surface area contributed by atoms with Crippen molar-refractivity contribution in [1.29, 1.82) is 0 Å². The van der Waals surface area contributed by atoms with Gasteiger partial charge >= 0.3 is 11.9 Å². The molecule has 0 saturated heterocycles. The number of benzene rings is 2. The van der Waals surface area contributed by atoms with Crippen LogP contribution in [0.1, 0.15) is 28.4 Å². The van der Waals surface area contributed by atoms with E-state index in [0.29, 0.717) is 5.75 Å². The molecule has 0 unspecified atom stereocenters. The van der Waals surface area contributed by atoms with Crippen LogP contribution in [0.2, 0.25) is 0 Å². The van der Waals surface area contributed by atoms with E-state index in [1.165, 1.54) is 19.1 Å². The molecule has 0 heterocycles. The lowest BCUT2D eigenvalue weighted by molar-refractivity contribution is -0.131. The van der Waals surface area contributed by atoms with Crippen LogP contribution in [-0.2, 0) is 4.79 Å². The van der Waals surface area contributed by atoms with Gasteiger partial charge in [-0.25, -0.2) is 4.79 Å². The Morgan fingerprint density at radius 2 is 1.38 bits per heavy atom. The van der Waals surface area contributed by atoms with Gasteiger partial charge in [0.15, 0.2) is 0 Å². The number of carboxylic acids is 1. The van der Waals surface area contributed by atoms with Crippen molar-refractivity contribution in [3.05, 3.63) is 65.2 Å². The summed E-state index contributed by atoms with van der Waals surface area (Å²) in [6, 6.07) is 13.2. The van der Waals surface area contributed by atoms with Crippen molar-refractivity contribution < 1.29 is 19.4 Å². The molecule has 2 rings (SSSR count). The lowest BCUT2D eigenvalue weighted by Crippen LogP contribution is -2.00. The smallest absolute Gasteiger partial charge is 0.335 e. The number of ether oxygens (including phenoxy) is 1. The van der Waals surface area contributed by atoms with Crippen LogP contribution in [0.25, 0.3) is 0 Å². The lowest BCUT2D eigenvalue weighted by Gasteiger charge is -1.99. The Morgan fingerprint density at radius 3 is 1.81 bits per heavy atom. The summed E-state index contributed by atoms with van der Waals surface area (Å²) in [6.45, 7) is 1.34. The predicted octanol–water partition coefficient (Wildman–Crippen LogP) is 2.71. The fourth-order valence-corrected chi connectivity index (χ4v) is 1.61. The van der Waals surface area contributed by atoms with Gasteiger partial charge in [0.2, 0.25) is 0 Å². The first kappa shape index (κ1) is 14.4. The molecular weight excluding hydrogens is 268 g/mol. The normalized spacial score (nSPS) is 9.38. The minimum Gasteiger partial charge on any atom is -0.478 e. The van der Waals surface area contributed by atoms with E-state index in [4.69, 9.17) is 9.84 Å². The van der Waals surface area contributed by atoms with Crippen LogP contribution < -0.4 is 4.74 Å². The Morgan fingerprint density at radius 1 is 0.905 bits per heavy atom. The van der Waals surface area contributed by atoms with E-state index in [1.807, 2.05) is 0 Å². The molecule has 2 aromatic carbocycles. The summed E-state index contributed by atoms with van der Waals surface area (Å²) in [5.41, 5.74) is 1.73.